The molecule has 0 bridgehead atoms. The molecule has 1 N–H and O–H groups in total. The topological polar surface area (TPSA) is 55.4 Å². The molecule has 2 rings (SSSR count). The number of methoxy groups -OCH3 is 1. The highest BCUT2D eigenvalue weighted by Gasteiger charge is 2.34. The van der Waals surface area contributed by atoms with Crippen LogP contribution in [0.4, 0.5) is 0 Å². The van der Waals surface area contributed by atoms with E-state index in [2.05, 4.69) is 5.32 Å². The van der Waals surface area contributed by atoms with Crippen LogP contribution < -0.4 is 10.1 Å². The van der Waals surface area contributed by atoms with Crippen molar-refractivity contribution in [1.82, 2.24) is 5.32 Å². The zero-order chi connectivity index (χ0) is 17.9. The number of benzene rings is 1. The second-order valence-corrected chi connectivity index (χ2v) is 5.96. The molecule has 0 fully saturated rings. The summed E-state index contributed by atoms with van der Waals surface area (Å²) in [7, 11) is 1.62. The van der Waals surface area contributed by atoms with Crippen LogP contribution in [-0.4, -0.2) is 18.7 Å². The van der Waals surface area contributed by atoms with Gasteiger partial charge in [-0.2, -0.15) is 0 Å². The molecule has 1 aromatic carbocycles. The Morgan fingerprint density at radius 3 is 1.79 bits per heavy atom. The maximum atomic E-state index is 12.6. The number of dihydropyridines is 1. The highest BCUT2D eigenvalue weighted by molar-refractivity contribution is 6.05. The van der Waals surface area contributed by atoms with Crippen molar-refractivity contribution in [2.75, 3.05) is 7.11 Å². The van der Waals surface area contributed by atoms with Gasteiger partial charge in [0.1, 0.15) is 5.75 Å². The predicted octanol–water partition coefficient (Wildman–Crippen LogP) is 3.89. The molecular weight excluding hydrogens is 302 g/mol. The molecule has 1 aromatic rings. The quantitative estimate of drug-likeness (QED) is 0.861. The Kier molecular flexibility index (Phi) is 5.60. The van der Waals surface area contributed by atoms with Crippen LogP contribution in [0.25, 0.3) is 0 Å². The summed E-state index contributed by atoms with van der Waals surface area (Å²) in [6.45, 7) is 7.49. The third-order valence-electron chi connectivity index (χ3n) is 4.45. The Bertz CT molecular complexity index is 673. The molecule has 24 heavy (non-hydrogen) atoms. The fourth-order valence-electron chi connectivity index (χ4n) is 3.24. The SMILES string of the molecule is CCC(=O)C1=C(C)NC(C)=C(C(=O)CC)C1c1ccc(OC)cc1. The number of ether oxygens (including phenoxy) is 1. The molecule has 0 saturated carbocycles. The minimum absolute atomic E-state index is 0.0646. The minimum Gasteiger partial charge on any atom is -0.497 e. The summed E-state index contributed by atoms with van der Waals surface area (Å²) in [5.74, 6) is 0.558. The van der Waals surface area contributed by atoms with Gasteiger partial charge < -0.3 is 10.1 Å². The summed E-state index contributed by atoms with van der Waals surface area (Å²) < 4.78 is 5.22. The molecule has 4 nitrogen and oxygen atoms in total. The van der Waals surface area contributed by atoms with E-state index in [1.54, 1.807) is 7.11 Å². The van der Waals surface area contributed by atoms with E-state index in [-0.39, 0.29) is 17.5 Å². The monoisotopic (exact) mass is 327 g/mol. The van der Waals surface area contributed by atoms with Crippen molar-refractivity contribution < 1.29 is 14.3 Å². The molecule has 1 aliphatic rings. The molecule has 0 aliphatic carbocycles. The zero-order valence-corrected chi connectivity index (χ0v) is 15.0. The van der Waals surface area contributed by atoms with Gasteiger partial charge in [-0.05, 0) is 31.5 Å². The molecule has 4 heteroatoms. The maximum Gasteiger partial charge on any atom is 0.161 e. The number of hydrogen-bond acceptors (Lipinski definition) is 4. The van der Waals surface area contributed by atoms with E-state index in [1.165, 1.54) is 0 Å². The summed E-state index contributed by atoms with van der Waals surface area (Å²) in [4.78, 5) is 25.2. The van der Waals surface area contributed by atoms with Gasteiger partial charge in [-0.1, -0.05) is 26.0 Å². The Morgan fingerprint density at radius 2 is 1.42 bits per heavy atom. The number of ketones is 2. The fraction of sp³-hybridized carbons (Fsp3) is 0.400. The number of nitrogens with one attached hydrogen (secondary N) is 1. The first-order valence-corrected chi connectivity index (χ1v) is 8.33. The highest BCUT2D eigenvalue weighted by Crippen LogP contribution is 2.40. The molecule has 1 heterocycles. The van der Waals surface area contributed by atoms with E-state index in [9.17, 15) is 9.59 Å². The molecular formula is C20H25NO3. The molecule has 128 valence electrons. The molecule has 0 saturated heterocycles. The Hall–Kier alpha value is -2.36. The first-order valence-electron chi connectivity index (χ1n) is 8.33. The lowest BCUT2D eigenvalue weighted by Crippen LogP contribution is -2.30. The molecule has 0 aromatic heterocycles. The van der Waals surface area contributed by atoms with Crippen molar-refractivity contribution in [2.24, 2.45) is 0 Å². The van der Waals surface area contributed by atoms with Gasteiger partial charge in [0.25, 0.3) is 0 Å². The van der Waals surface area contributed by atoms with Crippen LogP contribution in [0.15, 0.2) is 46.8 Å². The predicted molar refractivity (Wildman–Crippen MR) is 94.9 cm³/mol. The van der Waals surface area contributed by atoms with Crippen LogP contribution in [-0.2, 0) is 9.59 Å². The van der Waals surface area contributed by atoms with Crippen molar-refractivity contribution in [3.05, 3.63) is 52.4 Å². The van der Waals surface area contributed by atoms with Crippen molar-refractivity contribution in [3.63, 3.8) is 0 Å². The normalized spacial score (nSPS) is 15.4. The fourth-order valence-corrected chi connectivity index (χ4v) is 3.24. The number of allylic oxidation sites excluding steroid dienone is 4. The van der Waals surface area contributed by atoms with E-state index in [0.29, 0.717) is 24.0 Å². The lowest BCUT2D eigenvalue weighted by Gasteiger charge is -2.31. The largest absolute Gasteiger partial charge is 0.497 e. The average Bonchev–Trinajstić information content (AvgIpc) is 2.60. The van der Waals surface area contributed by atoms with E-state index < -0.39 is 0 Å². The highest BCUT2D eigenvalue weighted by atomic mass is 16.5. The average molecular weight is 327 g/mol. The summed E-state index contributed by atoms with van der Waals surface area (Å²) in [6.07, 6.45) is 0.821. The number of Topliss-reactive ketones (excluding diaryl/α,β-unsaturated/α-hetero) is 2. The van der Waals surface area contributed by atoms with Gasteiger partial charge in [0.2, 0.25) is 0 Å². The summed E-state index contributed by atoms with van der Waals surface area (Å²) in [5, 5.41) is 3.23. The second-order valence-electron chi connectivity index (χ2n) is 5.96. The standard InChI is InChI=1S/C20H25NO3/c1-6-16(22)18-12(3)21-13(4)19(17(23)7-2)20(18)14-8-10-15(24-5)11-9-14/h8-11,20-21H,6-7H2,1-5H3. The van der Waals surface area contributed by atoms with Crippen LogP contribution in [0.3, 0.4) is 0 Å². The molecule has 0 radical (unpaired) electrons. The van der Waals surface area contributed by atoms with Gasteiger partial charge >= 0.3 is 0 Å². The van der Waals surface area contributed by atoms with Gasteiger partial charge in [0.15, 0.2) is 11.6 Å². The summed E-state index contributed by atoms with van der Waals surface area (Å²) >= 11 is 0. The van der Waals surface area contributed by atoms with Crippen LogP contribution in [0.1, 0.15) is 52.0 Å². The van der Waals surface area contributed by atoms with Gasteiger partial charge in [0, 0.05) is 41.3 Å². The van der Waals surface area contributed by atoms with Gasteiger partial charge in [-0.3, -0.25) is 9.59 Å². The second kappa shape index (κ2) is 7.47. The van der Waals surface area contributed by atoms with Crippen LogP contribution >= 0.6 is 0 Å². The van der Waals surface area contributed by atoms with E-state index in [1.807, 2.05) is 52.0 Å². The Morgan fingerprint density at radius 1 is 0.958 bits per heavy atom. The van der Waals surface area contributed by atoms with Crippen LogP contribution in [0.2, 0.25) is 0 Å². The molecule has 0 amide bonds. The van der Waals surface area contributed by atoms with Crippen LogP contribution in [0, 0.1) is 0 Å². The Balaban J connectivity index is 2.64. The lowest BCUT2D eigenvalue weighted by molar-refractivity contribution is -0.116. The third kappa shape index (κ3) is 3.28. The van der Waals surface area contributed by atoms with Crippen LogP contribution in [0.5, 0.6) is 5.75 Å². The van der Waals surface area contributed by atoms with Gasteiger partial charge in [0.05, 0.1) is 7.11 Å². The van der Waals surface area contributed by atoms with E-state index in [0.717, 1.165) is 22.7 Å². The number of rotatable bonds is 6. The van der Waals surface area contributed by atoms with Gasteiger partial charge in [-0.25, -0.2) is 0 Å². The molecule has 0 atom stereocenters. The third-order valence-corrected chi connectivity index (χ3v) is 4.45. The Labute approximate surface area is 143 Å². The lowest BCUT2D eigenvalue weighted by atomic mass is 9.76. The van der Waals surface area contributed by atoms with Crippen molar-refractivity contribution in [3.8, 4) is 5.75 Å². The van der Waals surface area contributed by atoms with E-state index in [4.69, 9.17) is 4.74 Å². The molecule has 0 spiro atoms. The van der Waals surface area contributed by atoms with E-state index >= 15 is 0 Å². The first kappa shape index (κ1) is 18.0. The van der Waals surface area contributed by atoms with Crippen molar-refractivity contribution >= 4 is 11.6 Å². The number of carbonyl (C=O) groups excluding carboxylic acids is 2. The minimum atomic E-state index is -0.322. The zero-order valence-electron chi connectivity index (χ0n) is 15.0. The first-order chi connectivity index (χ1) is 11.4. The number of carbonyl (C=O) groups is 2. The maximum absolute atomic E-state index is 12.6. The summed E-state index contributed by atoms with van der Waals surface area (Å²) in [5.41, 5.74) is 3.96. The molecule has 0 unspecified atom stereocenters. The summed E-state index contributed by atoms with van der Waals surface area (Å²) in [6, 6.07) is 7.59. The van der Waals surface area contributed by atoms with Gasteiger partial charge in [-0.15, -0.1) is 0 Å². The van der Waals surface area contributed by atoms with Crippen molar-refractivity contribution in [2.45, 2.75) is 46.5 Å². The number of hydrogen-bond donors (Lipinski definition) is 1. The molecule has 1 aliphatic heterocycles. The van der Waals surface area contributed by atoms with Crippen molar-refractivity contribution in [1.29, 1.82) is 0 Å². The smallest absolute Gasteiger partial charge is 0.161 e.